The molecular weight excluding hydrogens is 546 g/mol. The number of ether oxygens (including phenoxy) is 2. The number of anilines is 4. The number of fused-ring (bicyclic) bond motifs is 1. The van der Waals surface area contributed by atoms with Gasteiger partial charge in [-0.15, -0.1) is 0 Å². The molecule has 41 heavy (non-hydrogen) atoms. The minimum absolute atomic E-state index is 0.0272. The van der Waals surface area contributed by atoms with Crippen LogP contribution in [0.25, 0.3) is 11.0 Å². The Hall–Kier alpha value is -4.71. The third-order valence-electron chi connectivity index (χ3n) is 6.68. The van der Waals surface area contributed by atoms with Gasteiger partial charge in [0, 0.05) is 48.3 Å². The summed E-state index contributed by atoms with van der Waals surface area (Å²) in [6.45, 7) is 0. The monoisotopic (exact) mass is 575 g/mol. The zero-order chi connectivity index (χ0) is 29.0. The van der Waals surface area contributed by atoms with Gasteiger partial charge in [-0.2, -0.15) is 0 Å². The summed E-state index contributed by atoms with van der Waals surface area (Å²) < 4.78 is 40.3. The molecule has 0 bridgehead atoms. The zero-order valence-corrected chi connectivity index (χ0v) is 23.3. The molecule has 0 saturated heterocycles. The van der Waals surface area contributed by atoms with Crippen molar-refractivity contribution in [2.24, 2.45) is 5.92 Å². The number of hydrogen-bond acceptors (Lipinski definition) is 9. The van der Waals surface area contributed by atoms with Crippen LogP contribution in [0.4, 0.5) is 23.0 Å². The Kier molecular flexibility index (Phi) is 8.02. The van der Waals surface area contributed by atoms with Gasteiger partial charge in [0.05, 0.1) is 30.1 Å². The molecule has 1 aliphatic rings. The van der Waals surface area contributed by atoms with Crippen molar-refractivity contribution in [3.05, 3.63) is 66.7 Å². The number of nitrogens with zero attached hydrogens (tertiary/aromatic N) is 2. The molecule has 1 aromatic heterocycles. The molecule has 212 valence electrons. The first-order valence-electron chi connectivity index (χ1n) is 13.0. The molecule has 12 heteroatoms. The number of carbonyl (C=O) groups excluding carboxylic acids is 2. The first kappa shape index (κ1) is 27.8. The quantitative estimate of drug-likeness (QED) is 0.254. The number of Topliss-reactive ketones (excluding diaryl/α,β-unsaturated/α-hetero) is 1. The molecule has 1 aliphatic carbocycles. The van der Waals surface area contributed by atoms with Gasteiger partial charge in [-0.25, -0.2) is 18.4 Å². The number of aromatic nitrogens is 2. The van der Waals surface area contributed by atoms with Gasteiger partial charge in [0.25, 0.3) is 10.0 Å². The van der Waals surface area contributed by atoms with Crippen LogP contribution in [0.5, 0.6) is 11.5 Å². The Morgan fingerprint density at radius 2 is 1.56 bits per heavy atom. The fraction of sp³-hybridized carbons (Fsp3) is 0.241. The molecule has 3 aromatic carbocycles. The smallest absolute Gasteiger partial charge is 0.263 e. The molecule has 4 aromatic rings. The number of nitrogens with one attached hydrogen (secondary N) is 3. The van der Waals surface area contributed by atoms with Gasteiger partial charge in [-0.3, -0.25) is 14.3 Å². The number of carbonyl (C=O) groups is 2. The van der Waals surface area contributed by atoms with Crippen molar-refractivity contribution in [2.45, 2.75) is 30.6 Å². The minimum Gasteiger partial charge on any atom is -0.497 e. The minimum atomic E-state index is -4.16. The van der Waals surface area contributed by atoms with E-state index in [2.05, 4.69) is 25.3 Å². The van der Waals surface area contributed by atoms with Gasteiger partial charge in [-0.1, -0.05) is 18.2 Å². The normalized spacial score (nSPS) is 15.3. The van der Waals surface area contributed by atoms with Crippen LogP contribution in [0, 0.1) is 5.92 Å². The fourth-order valence-electron chi connectivity index (χ4n) is 4.59. The lowest BCUT2D eigenvalue weighted by Gasteiger charge is -2.20. The summed E-state index contributed by atoms with van der Waals surface area (Å²) >= 11 is 0. The van der Waals surface area contributed by atoms with Gasteiger partial charge >= 0.3 is 0 Å². The molecule has 3 N–H and O–H groups in total. The Balaban J connectivity index is 1.44. The van der Waals surface area contributed by atoms with Crippen LogP contribution in [-0.4, -0.2) is 44.3 Å². The summed E-state index contributed by atoms with van der Waals surface area (Å²) in [6.07, 6.45) is 1.97. The zero-order valence-electron chi connectivity index (χ0n) is 22.5. The molecule has 5 rings (SSSR count). The highest BCUT2D eigenvalue weighted by molar-refractivity contribution is 7.92. The second-order valence-corrected chi connectivity index (χ2v) is 11.3. The van der Waals surface area contributed by atoms with E-state index < -0.39 is 15.9 Å². The van der Waals surface area contributed by atoms with Crippen LogP contribution in [0.3, 0.4) is 0 Å². The van der Waals surface area contributed by atoms with Crippen molar-refractivity contribution in [3.63, 3.8) is 0 Å². The van der Waals surface area contributed by atoms with Gasteiger partial charge in [-0.05, 0) is 43.2 Å². The maximum absolute atomic E-state index is 13.5. The highest BCUT2D eigenvalue weighted by atomic mass is 32.2. The van der Waals surface area contributed by atoms with Crippen molar-refractivity contribution in [3.8, 4) is 11.5 Å². The summed E-state index contributed by atoms with van der Waals surface area (Å²) in [5.41, 5.74) is 1.89. The van der Waals surface area contributed by atoms with Gasteiger partial charge in [0.1, 0.15) is 17.3 Å². The topological polar surface area (TPSA) is 149 Å². The van der Waals surface area contributed by atoms with E-state index in [1.807, 2.05) is 6.07 Å². The number of sulfonamides is 1. The Labute approximate surface area is 237 Å². The van der Waals surface area contributed by atoms with Gasteiger partial charge < -0.3 is 20.1 Å². The van der Waals surface area contributed by atoms with E-state index in [-0.39, 0.29) is 34.6 Å². The molecule has 1 amide bonds. The van der Waals surface area contributed by atoms with Crippen LogP contribution < -0.4 is 24.8 Å². The van der Waals surface area contributed by atoms with E-state index >= 15 is 0 Å². The van der Waals surface area contributed by atoms with Crippen molar-refractivity contribution < 1.29 is 27.5 Å². The molecule has 11 nitrogen and oxygen atoms in total. The average molecular weight is 576 g/mol. The summed E-state index contributed by atoms with van der Waals surface area (Å²) in [6, 6.07) is 18.1. The lowest BCUT2D eigenvalue weighted by molar-refractivity contribution is -0.128. The first-order valence-corrected chi connectivity index (χ1v) is 14.4. The number of benzene rings is 3. The maximum atomic E-state index is 13.5. The molecule has 0 aliphatic heterocycles. The molecule has 0 radical (unpaired) electrons. The number of rotatable bonds is 9. The highest BCUT2D eigenvalue weighted by Crippen LogP contribution is 2.32. The number of amides is 1. The third kappa shape index (κ3) is 6.55. The highest BCUT2D eigenvalue weighted by Gasteiger charge is 2.26. The molecule has 0 spiro atoms. The van der Waals surface area contributed by atoms with E-state index in [0.29, 0.717) is 53.2 Å². The maximum Gasteiger partial charge on any atom is 0.263 e. The fourth-order valence-corrected chi connectivity index (χ4v) is 5.65. The number of methoxy groups -OCH3 is 2. The summed E-state index contributed by atoms with van der Waals surface area (Å²) in [7, 11) is -1.11. The molecule has 1 fully saturated rings. The van der Waals surface area contributed by atoms with E-state index in [4.69, 9.17) is 9.47 Å². The predicted molar refractivity (Wildman–Crippen MR) is 155 cm³/mol. The molecule has 1 atom stereocenters. The second kappa shape index (κ2) is 11.8. The summed E-state index contributed by atoms with van der Waals surface area (Å²) in [4.78, 5) is 33.6. The Morgan fingerprint density at radius 1 is 0.878 bits per heavy atom. The standard InChI is InChI=1S/C29H29N5O6S/c1-39-22-14-20(15-23(17-22)40-2)30-27-28(33-26-12-4-3-11-25(26)32-27)34-41(37,38)24-10-6-8-19(16-24)31-29(36)18-7-5-9-21(35)13-18/h3-4,6,8,10-12,14-18H,5,7,9,13H2,1-2H3,(H,30,32)(H,31,36)(H,33,34). The van der Waals surface area contributed by atoms with Crippen molar-refractivity contribution in [1.82, 2.24) is 9.97 Å². The number of ketones is 1. The lowest BCUT2D eigenvalue weighted by Crippen LogP contribution is -2.28. The Morgan fingerprint density at radius 3 is 2.22 bits per heavy atom. The second-order valence-electron chi connectivity index (χ2n) is 9.59. The van der Waals surface area contributed by atoms with E-state index in [9.17, 15) is 18.0 Å². The number of hydrogen-bond donors (Lipinski definition) is 3. The molecule has 1 unspecified atom stereocenters. The van der Waals surface area contributed by atoms with Gasteiger partial charge in [0.15, 0.2) is 11.6 Å². The SMILES string of the molecule is COc1cc(Nc2nc3ccccc3nc2NS(=O)(=O)c2cccc(NC(=O)C3CCCC(=O)C3)c2)cc(OC)c1. The Bertz CT molecular complexity index is 1700. The first-order chi connectivity index (χ1) is 19.7. The van der Waals surface area contributed by atoms with E-state index in [1.54, 1.807) is 42.5 Å². The molecule has 1 saturated carbocycles. The van der Waals surface area contributed by atoms with Crippen LogP contribution >= 0.6 is 0 Å². The lowest BCUT2D eigenvalue weighted by atomic mass is 9.88. The van der Waals surface area contributed by atoms with Crippen molar-refractivity contribution in [2.75, 3.05) is 29.6 Å². The van der Waals surface area contributed by atoms with Gasteiger partial charge in [0.2, 0.25) is 5.91 Å². The van der Waals surface area contributed by atoms with Crippen LogP contribution in [0.1, 0.15) is 25.7 Å². The van der Waals surface area contributed by atoms with E-state index in [0.717, 1.165) is 0 Å². The third-order valence-corrected chi connectivity index (χ3v) is 8.02. The van der Waals surface area contributed by atoms with E-state index in [1.165, 1.54) is 32.4 Å². The molecular formula is C29H29N5O6S. The van der Waals surface area contributed by atoms with Crippen molar-refractivity contribution >= 4 is 55.8 Å². The average Bonchev–Trinajstić information content (AvgIpc) is 2.97. The summed E-state index contributed by atoms with van der Waals surface area (Å²) in [5, 5.41) is 5.87. The predicted octanol–water partition coefficient (Wildman–Crippen LogP) is 4.89. The van der Waals surface area contributed by atoms with Crippen LogP contribution in [0.2, 0.25) is 0 Å². The largest absolute Gasteiger partial charge is 0.497 e. The van der Waals surface area contributed by atoms with Crippen LogP contribution in [0.15, 0.2) is 71.6 Å². The molecule has 1 heterocycles. The number of para-hydroxylation sites is 2. The van der Waals surface area contributed by atoms with Crippen molar-refractivity contribution in [1.29, 1.82) is 0 Å². The van der Waals surface area contributed by atoms with Crippen LogP contribution in [-0.2, 0) is 19.6 Å². The summed E-state index contributed by atoms with van der Waals surface area (Å²) in [5.74, 6) is 0.519.